The summed E-state index contributed by atoms with van der Waals surface area (Å²) in [6.45, 7) is 1.91. The molecule has 2 aliphatic rings. The molecule has 0 spiro atoms. The number of primary amides is 1. The van der Waals surface area contributed by atoms with E-state index in [1.807, 2.05) is 18.6 Å². The number of benzene rings is 1. The summed E-state index contributed by atoms with van der Waals surface area (Å²) in [7, 11) is 0. The van der Waals surface area contributed by atoms with Crippen LogP contribution in [0.1, 0.15) is 37.7 Å². The molecule has 10 heteroatoms. The molecule has 2 amide bonds. The van der Waals surface area contributed by atoms with Gasteiger partial charge in [0.25, 0.3) is 0 Å². The molecular weight excluding hydrogens is 420 g/mol. The lowest BCUT2D eigenvalue weighted by Crippen LogP contribution is -2.39. The van der Waals surface area contributed by atoms with Gasteiger partial charge in [0, 0.05) is 24.5 Å². The van der Waals surface area contributed by atoms with Crippen LogP contribution in [0.15, 0.2) is 35.8 Å². The number of nitrogens with zero attached hydrogens (tertiary/aromatic N) is 4. The number of hydrogen-bond donors (Lipinski definition) is 2. The van der Waals surface area contributed by atoms with E-state index in [-0.39, 0.29) is 12.3 Å². The Hall–Kier alpha value is -3.07. The number of halogens is 1. The molecule has 2 aliphatic heterocycles. The molecule has 4 rings (SSSR count). The van der Waals surface area contributed by atoms with Gasteiger partial charge < -0.3 is 19.9 Å². The predicted octanol–water partition coefficient (Wildman–Crippen LogP) is 2.35. The quantitative estimate of drug-likeness (QED) is 0.546. The van der Waals surface area contributed by atoms with Crippen molar-refractivity contribution in [3.63, 3.8) is 0 Å². The third kappa shape index (κ3) is 4.82. The van der Waals surface area contributed by atoms with Crippen LogP contribution < -0.4 is 15.8 Å². The highest BCUT2D eigenvalue weighted by atomic mass is 35.5. The molecule has 3 heterocycles. The molecule has 9 nitrogen and oxygen atoms in total. The van der Waals surface area contributed by atoms with Crippen molar-refractivity contribution in [2.75, 3.05) is 6.61 Å². The van der Waals surface area contributed by atoms with Gasteiger partial charge in [-0.2, -0.15) is 0 Å². The minimum Gasteiger partial charge on any atom is -0.492 e. The number of hydrogen-bond acceptors (Lipinski definition) is 6. The molecule has 164 valence electrons. The molecule has 1 aromatic carbocycles. The molecular formula is C21H25ClN6O3. The van der Waals surface area contributed by atoms with E-state index < -0.39 is 11.9 Å². The van der Waals surface area contributed by atoms with Crippen molar-refractivity contribution in [3.05, 3.63) is 41.4 Å². The van der Waals surface area contributed by atoms with Gasteiger partial charge in [-0.25, -0.2) is 9.98 Å². The molecule has 31 heavy (non-hydrogen) atoms. The monoisotopic (exact) mass is 444 g/mol. The zero-order valence-corrected chi connectivity index (χ0v) is 17.8. The van der Waals surface area contributed by atoms with Crippen LogP contribution in [0.2, 0.25) is 5.02 Å². The second kappa shape index (κ2) is 9.38. The first-order valence-corrected chi connectivity index (χ1v) is 10.7. The highest BCUT2D eigenvalue weighted by Crippen LogP contribution is 2.39. The summed E-state index contributed by atoms with van der Waals surface area (Å²) >= 11 is 6.60. The van der Waals surface area contributed by atoms with Crippen LogP contribution in [0.25, 0.3) is 0 Å². The maximum absolute atomic E-state index is 12.2. The number of fused-ring (bicyclic) bond motifs is 2. The molecule has 1 aromatic heterocycles. The van der Waals surface area contributed by atoms with E-state index >= 15 is 0 Å². The maximum Gasteiger partial charge on any atom is 0.250 e. The number of aryl methyl sites for hydroxylation is 1. The van der Waals surface area contributed by atoms with Gasteiger partial charge in [-0.15, -0.1) is 0 Å². The molecule has 3 N–H and O–H groups in total. The normalized spacial score (nSPS) is 17.1. The SMILES string of the molecule is NC(=O)CC1C(=O)NC2=Nc3ccc(OCCCCCCn4ccnc4)c(Cl)c3CN21. The zero-order valence-electron chi connectivity index (χ0n) is 17.1. The lowest BCUT2D eigenvalue weighted by Gasteiger charge is -2.28. The second-order valence-electron chi connectivity index (χ2n) is 7.68. The minimum atomic E-state index is -0.674. The highest BCUT2D eigenvalue weighted by Gasteiger charge is 2.40. The summed E-state index contributed by atoms with van der Waals surface area (Å²) in [6.07, 6.45) is 9.75. The van der Waals surface area contributed by atoms with E-state index in [1.54, 1.807) is 17.2 Å². The fourth-order valence-electron chi connectivity index (χ4n) is 3.82. The Morgan fingerprint density at radius 1 is 1.29 bits per heavy atom. The maximum atomic E-state index is 12.2. The summed E-state index contributed by atoms with van der Waals surface area (Å²) in [6, 6.07) is 2.96. The van der Waals surface area contributed by atoms with Crippen molar-refractivity contribution in [2.45, 2.75) is 51.2 Å². The van der Waals surface area contributed by atoms with Gasteiger partial charge in [0.05, 0.1) is 36.6 Å². The number of ether oxygens (including phenoxy) is 1. The Morgan fingerprint density at radius 2 is 2.13 bits per heavy atom. The van der Waals surface area contributed by atoms with Gasteiger partial charge in [-0.3, -0.25) is 14.9 Å². The van der Waals surface area contributed by atoms with Gasteiger partial charge in [-0.1, -0.05) is 24.4 Å². The number of nitrogens with one attached hydrogen (secondary N) is 1. The van der Waals surface area contributed by atoms with E-state index in [2.05, 4.69) is 19.9 Å². The number of aromatic nitrogens is 2. The van der Waals surface area contributed by atoms with Gasteiger partial charge in [0.1, 0.15) is 11.8 Å². The van der Waals surface area contributed by atoms with Gasteiger partial charge in [-0.05, 0) is 25.0 Å². The number of guanidine groups is 1. The fraction of sp³-hybridized carbons (Fsp3) is 0.429. The molecule has 0 saturated carbocycles. The lowest BCUT2D eigenvalue weighted by molar-refractivity contribution is -0.126. The average Bonchev–Trinajstić information content (AvgIpc) is 3.35. The molecule has 2 aromatic rings. The van der Waals surface area contributed by atoms with Crippen molar-refractivity contribution in [3.8, 4) is 5.75 Å². The third-order valence-electron chi connectivity index (χ3n) is 5.45. The molecule has 0 radical (unpaired) electrons. The molecule has 0 aliphatic carbocycles. The number of aliphatic imine (C=N–C) groups is 1. The Bertz CT molecular complexity index is 991. The third-order valence-corrected chi connectivity index (χ3v) is 5.86. The van der Waals surface area contributed by atoms with Crippen LogP contribution in [0.5, 0.6) is 5.75 Å². The van der Waals surface area contributed by atoms with Crippen molar-refractivity contribution >= 4 is 35.1 Å². The minimum absolute atomic E-state index is 0.0746. The summed E-state index contributed by atoms with van der Waals surface area (Å²) < 4.78 is 7.99. The van der Waals surface area contributed by atoms with Crippen LogP contribution in [-0.2, 0) is 22.7 Å². The van der Waals surface area contributed by atoms with Gasteiger partial charge in [0.15, 0.2) is 0 Å². The predicted molar refractivity (Wildman–Crippen MR) is 116 cm³/mol. The topological polar surface area (TPSA) is 115 Å². The number of nitrogens with two attached hydrogens (primary N) is 1. The van der Waals surface area contributed by atoms with E-state index in [9.17, 15) is 9.59 Å². The van der Waals surface area contributed by atoms with E-state index in [4.69, 9.17) is 22.1 Å². The largest absolute Gasteiger partial charge is 0.492 e. The summed E-state index contributed by atoms with van der Waals surface area (Å²) in [5.74, 6) is 0.193. The van der Waals surface area contributed by atoms with Crippen LogP contribution in [0.4, 0.5) is 5.69 Å². The first-order chi connectivity index (χ1) is 15.0. The first-order valence-electron chi connectivity index (χ1n) is 10.4. The zero-order chi connectivity index (χ0) is 21.8. The fourth-order valence-corrected chi connectivity index (χ4v) is 4.09. The number of imidazole rings is 1. The van der Waals surface area contributed by atoms with E-state index in [1.165, 1.54) is 0 Å². The summed E-state index contributed by atoms with van der Waals surface area (Å²) in [4.78, 5) is 33.8. The van der Waals surface area contributed by atoms with Crippen LogP contribution in [-0.4, -0.2) is 44.9 Å². The van der Waals surface area contributed by atoms with Crippen molar-refractivity contribution in [1.29, 1.82) is 0 Å². The highest BCUT2D eigenvalue weighted by molar-refractivity contribution is 6.33. The second-order valence-corrected chi connectivity index (χ2v) is 8.06. The van der Waals surface area contributed by atoms with E-state index in [0.717, 1.165) is 37.8 Å². The number of amides is 2. The van der Waals surface area contributed by atoms with Crippen LogP contribution in [0.3, 0.4) is 0 Å². The molecule has 0 bridgehead atoms. The van der Waals surface area contributed by atoms with Crippen molar-refractivity contribution < 1.29 is 14.3 Å². The van der Waals surface area contributed by atoms with Crippen LogP contribution in [0, 0.1) is 0 Å². The molecule has 1 atom stereocenters. The number of carbonyl (C=O) groups is 2. The molecule has 1 fully saturated rings. The number of carbonyl (C=O) groups excluding carboxylic acids is 2. The molecule has 1 unspecified atom stereocenters. The smallest absolute Gasteiger partial charge is 0.250 e. The Morgan fingerprint density at radius 3 is 2.90 bits per heavy atom. The summed E-state index contributed by atoms with van der Waals surface area (Å²) in [5.41, 5.74) is 6.75. The van der Waals surface area contributed by atoms with Gasteiger partial charge >= 0.3 is 0 Å². The number of rotatable bonds is 10. The molecule has 1 saturated heterocycles. The van der Waals surface area contributed by atoms with Crippen molar-refractivity contribution in [2.24, 2.45) is 10.7 Å². The van der Waals surface area contributed by atoms with E-state index in [0.29, 0.717) is 35.6 Å². The Kier molecular flexibility index (Phi) is 6.41. The van der Waals surface area contributed by atoms with Crippen LogP contribution >= 0.6 is 11.6 Å². The standard InChI is InChI=1S/C21H25ClN6O3/c22-19-14-12-28-16(11-18(23)29)20(30)26-21(28)25-15(14)5-6-17(19)31-10-4-2-1-3-8-27-9-7-24-13-27/h5-7,9,13,16H,1-4,8,10-12H2,(H2,23,29)(H,25,26,30). The van der Waals surface area contributed by atoms with Crippen molar-refractivity contribution in [1.82, 2.24) is 19.8 Å². The average molecular weight is 445 g/mol. The Labute approximate surface area is 185 Å². The van der Waals surface area contributed by atoms with Gasteiger partial charge in [0.2, 0.25) is 17.8 Å². The Balaban J connectivity index is 1.31. The first kappa shape index (κ1) is 21.2. The lowest BCUT2D eigenvalue weighted by atomic mass is 10.1. The summed E-state index contributed by atoms with van der Waals surface area (Å²) in [5, 5.41) is 3.19. The number of unbranched alkanes of at least 4 members (excludes halogenated alkanes) is 3.